The lowest BCUT2D eigenvalue weighted by molar-refractivity contribution is -0.137. The van der Waals surface area contributed by atoms with Crippen molar-refractivity contribution in [2.45, 2.75) is 71.1 Å². The lowest BCUT2D eigenvalue weighted by atomic mass is 9.90. The second kappa shape index (κ2) is 10.6. The molecule has 0 spiro atoms. The Morgan fingerprint density at radius 2 is 1.77 bits per heavy atom. The molecule has 1 heterocycles. The zero-order valence-corrected chi connectivity index (χ0v) is 18.9. The number of nitrogens with zero attached hydrogens (tertiary/aromatic N) is 2. The summed E-state index contributed by atoms with van der Waals surface area (Å²) in [5.41, 5.74) is 1.73. The average molecular weight is 427 g/mol. The summed E-state index contributed by atoms with van der Waals surface area (Å²) in [6.45, 7) is 7.50. The molecule has 0 amide bonds. The smallest absolute Gasteiger partial charge is 0.303 e. The maximum absolute atomic E-state index is 10.6. The van der Waals surface area contributed by atoms with Crippen LogP contribution in [0.1, 0.15) is 71.4 Å². The van der Waals surface area contributed by atoms with Crippen molar-refractivity contribution in [2.24, 2.45) is 5.92 Å². The van der Waals surface area contributed by atoms with Crippen molar-refractivity contribution in [3.05, 3.63) is 36.0 Å². The SMILES string of the molecule is CC(C)(C)c1cc(OCC2CCCCC2)nc(-c2ccc(OCCCC(=O)O)cc2)n1. The summed E-state index contributed by atoms with van der Waals surface area (Å²) in [7, 11) is 0. The van der Waals surface area contributed by atoms with Gasteiger partial charge in [0.2, 0.25) is 5.88 Å². The van der Waals surface area contributed by atoms with Gasteiger partial charge in [0, 0.05) is 23.5 Å². The van der Waals surface area contributed by atoms with Crippen LogP contribution in [0.25, 0.3) is 11.4 Å². The van der Waals surface area contributed by atoms with Crippen molar-refractivity contribution in [3.8, 4) is 23.0 Å². The van der Waals surface area contributed by atoms with E-state index >= 15 is 0 Å². The first-order chi connectivity index (χ1) is 14.8. The Morgan fingerprint density at radius 3 is 2.42 bits per heavy atom. The molecular formula is C25H34N2O4. The second-order valence-electron chi connectivity index (χ2n) is 9.35. The number of carbonyl (C=O) groups is 1. The van der Waals surface area contributed by atoms with Crippen LogP contribution in [0.5, 0.6) is 11.6 Å². The zero-order valence-electron chi connectivity index (χ0n) is 18.9. The van der Waals surface area contributed by atoms with Gasteiger partial charge >= 0.3 is 5.97 Å². The van der Waals surface area contributed by atoms with E-state index in [0.717, 1.165) is 11.3 Å². The van der Waals surface area contributed by atoms with Crippen LogP contribution in [0, 0.1) is 5.92 Å². The quantitative estimate of drug-likeness (QED) is 0.522. The first kappa shape index (κ1) is 23.0. The number of aliphatic carboxylic acids is 1. The van der Waals surface area contributed by atoms with Crippen molar-refractivity contribution < 1.29 is 19.4 Å². The van der Waals surface area contributed by atoms with Crippen molar-refractivity contribution in [3.63, 3.8) is 0 Å². The van der Waals surface area contributed by atoms with Crippen molar-refractivity contribution in [1.82, 2.24) is 9.97 Å². The highest BCUT2D eigenvalue weighted by atomic mass is 16.5. The maximum Gasteiger partial charge on any atom is 0.303 e. The Morgan fingerprint density at radius 1 is 1.06 bits per heavy atom. The molecule has 6 nitrogen and oxygen atoms in total. The van der Waals surface area contributed by atoms with E-state index in [-0.39, 0.29) is 11.8 Å². The molecule has 0 bridgehead atoms. The molecule has 1 aromatic carbocycles. The Labute approximate surface area is 185 Å². The fourth-order valence-corrected chi connectivity index (χ4v) is 3.68. The van der Waals surface area contributed by atoms with E-state index in [4.69, 9.17) is 19.6 Å². The topological polar surface area (TPSA) is 81.5 Å². The van der Waals surface area contributed by atoms with E-state index in [0.29, 0.717) is 43.0 Å². The minimum Gasteiger partial charge on any atom is -0.494 e. The Hall–Kier alpha value is -2.63. The number of carboxylic acids is 1. The monoisotopic (exact) mass is 426 g/mol. The normalized spacial score (nSPS) is 14.9. The van der Waals surface area contributed by atoms with Crippen LogP contribution in [0.15, 0.2) is 30.3 Å². The molecule has 0 saturated heterocycles. The van der Waals surface area contributed by atoms with Gasteiger partial charge in [-0.2, -0.15) is 4.98 Å². The standard InChI is InChI=1S/C25H34N2O4/c1-25(2,3)21-16-22(31-17-18-8-5-4-6-9-18)27-24(26-21)19-11-13-20(14-12-19)30-15-7-10-23(28)29/h11-14,16,18H,4-10,15,17H2,1-3H3,(H,28,29). The highest BCUT2D eigenvalue weighted by molar-refractivity contribution is 5.66. The number of benzene rings is 1. The third kappa shape index (κ3) is 7.23. The lowest BCUT2D eigenvalue weighted by Gasteiger charge is -2.23. The molecule has 1 N–H and O–H groups in total. The van der Waals surface area contributed by atoms with E-state index in [1.165, 1.54) is 32.1 Å². The van der Waals surface area contributed by atoms with Gasteiger partial charge in [-0.1, -0.05) is 40.0 Å². The number of rotatable bonds is 9. The number of aromatic nitrogens is 2. The minimum atomic E-state index is -0.809. The summed E-state index contributed by atoms with van der Waals surface area (Å²) >= 11 is 0. The van der Waals surface area contributed by atoms with E-state index in [9.17, 15) is 4.79 Å². The van der Waals surface area contributed by atoms with Crippen LogP contribution < -0.4 is 9.47 Å². The van der Waals surface area contributed by atoms with Gasteiger partial charge in [0.25, 0.3) is 0 Å². The summed E-state index contributed by atoms with van der Waals surface area (Å²) in [5.74, 6) is 1.78. The third-order valence-electron chi connectivity index (χ3n) is 5.58. The third-order valence-corrected chi connectivity index (χ3v) is 5.58. The molecule has 3 rings (SSSR count). The Balaban J connectivity index is 1.72. The van der Waals surface area contributed by atoms with Gasteiger partial charge in [0.1, 0.15) is 5.75 Å². The molecular weight excluding hydrogens is 392 g/mol. The molecule has 1 aliphatic carbocycles. The van der Waals surface area contributed by atoms with Crippen molar-refractivity contribution in [1.29, 1.82) is 0 Å². The predicted molar refractivity (Wildman–Crippen MR) is 121 cm³/mol. The lowest BCUT2D eigenvalue weighted by Crippen LogP contribution is -2.18. The van der Waals surface area contributed by atoms with Crippen LogP contribution >= 0.6 is 0 Å². The fourth-order valence-electron chi connectivity index (χ4n) is 3.68. The van der Waals surface area contributed by atoms with Crippen LogP contribution in [0.2, 0.25) is 0 Å². The number of carboxylic acid groups (broad SMARTS) is 1. The largest absolute Gasteiger partial charge is 0.494 e. The first-order valence-corrected chi connectivity index (χ1v) is 11.3. The van der Waals surface area contributed by atoms with Gasteiger partial charge in [-0.05, 0) is 49.4 Å². The Bertz CT molecular complexity index is 853. The molecule has 0 unspecified atom stereocenters. The van der Waals surface area contributed by atoms with Gasteiger partial charge in [-0.3, -0.25) is 4.79 Å². The van der Waals surface area contributed by atoms with Gasteiger partial charge in [0.05, 0.1) is 18.9 Å². The highest BCUT2D eigenvalue weighted by Crippen LogP contribution is 2.29. The number of ether oxygens (including phenoxy) is 2. The van der Waals surface area contributed by atoms with Gasteiger partial charge in [-0.25, -0.2) is 4.98 Å². The molecule has 0 aliphatic heterocycles. The molecule has 1 saturated carbocycles. The summed E-state index contributed by atoms with van der Waals surface area (Å²) < 4.78 is 11.8. The summed E-state index contributed by atoms with van der Waals surface area (Å²) in [5, 5.41) is 8.71. The second-order valence-corrected chi connectivity index (χ2v) is 9.35. The highest BCUT2D eigenvalue weighted by Gasteiger charge is 2.20. The molecule has 0 radical (unpaired) electrons. The van der Waals surface area contributed by atoms with E-state index < -0.39 is 5.97 Å². The summed E-state index contributed by atoms with van der Waals surface area (Å²) in [6, 6.07) is 9.56. The molecule has 31 heavy (non-hydrogen) atoms. The Kier molecular flexibility index (Phi) is 7.88. The van der Waals surface area contributed by atoms with Crippen molar-refractivity contribution >= 4 is 5.97 Å². The van der Waals surface area contributed by atoms with Gasteiger partial charge < -0.3 is 14.6 Å². The predicted octanol–water partition coefficient (Wildman–Crippen LogP) is 5.64. The minimum absolute atomic E-state index is 0.106. The van der Waals surface area contributed by atoms with Crippen LogP contribution in [-0.4, -0.2) is 34.3 Å². The molecule has 168 valence electrons. The van der Waals surface area contributed by atoms with Crippen molar-refractivity contribution in [2.75, 3.05) is 13.2 Å². The fraction of sp³-hybridized carbons (Fsp3) is 0.560. The van der Waals surface area contributed by atoms with Crippen LogP contribution in [0.3, 0.4) is 0 Å². The molecule has 1 aliphatic rings. The zero-order chi connectivity index (χ0) is 22.3. The van der Waals surface area contributed by atoms with E-state index in [2.05, 4.69) is 25.8 Å². The maximum atomic E-state index is 10.6. The summed E-state index contributed by atoms with van der Waals surface area (Å²) in [4.78, 5) is 20.1. The van der Waals surface area contributed by atoms with E-state index in [1.807, 2.05) is 30.3 Å². The molecule has 6 heteroatoms. The number of hydrogen-bond donors (Lipinski definition) is 1. The van der Waals surface area contributed by atoms with Gasteiger partial charge in [0.15, 0.2) is 5.82 Å². The van der Waals surface area contributed by atoms with Gasteiger partial charge in [-0.15, -0.1) is 0 Å². The van der Waals surface area contributed by atoms with E-state index in [1.54, 1.807) is 0 Å². The van der Waals surface area contributed by atoms with Crippen LogP contribution in [0.4, 0.5) is 0 Å². The molecule has 1 aromatic heterocycles. The number of hydrogen-bond acceptors (Lipinski definition) is 5. The summed E-state index contributed by atoms with van der Waals surface area (Å²) in [6.07, 6.45) is 6.98. The molecule has 2 aromatic rings. The van der Waals surface area contributed by atoms with Crippen LogP contribution in [-0.2, 0) is 10.2 Å². The molecule has 1 fully saturated rings. The molecule has 0 atom stereocenters. The average Bonchev–Trinajstić information content (AvgIpc) is 2.75. The first-order valence-electron chi connectivity index (χ1n) is 11.3.